The van der Waals surface area contributed by atoms with Crippen molar-refractivity contribution in [3.05, 3.63) is 41.5 Å². The fraction of sp³-hybridized carbons (Fsp3) is 0.455. The van der Waals surface area contributed by atoms with E-state index in [1.165, 1.54) is 19.2 Å². The van der Waals surface area contributed by atoms with Crippen molar-refractivity contribution in [2.45, 2.75) is 37.7 Å². The molecule has 1 aliphatic heterocycles. The van der Waals surface area contributed by atoms with Gasteiger partial charge in [-0.05, 0) is 19.1 Å². The number of likely N-dealkylation sites (tertiary alicyclic amines) is 1. The Morgan fingerprint density at radius 3 is 2.64 bits per heavy atom. The van der Waals surface area contributed by atoms with Crippen molar-refractivity contribution in [2.75, 3.05) is 25.4 Å². The molecule has 3 atom stereocenters. The second-order valence-electron chi connectivity index (χ2n) is 9.18. The topological polar surface area (TPSA) is 101 Å². The van der Waals surface area contributed by atoms with Gasteiger partial charge in [-0.1, -0.05) is 0 Å². The van der Waals surface area contributed by atoms with Gasteiger partial charge in [-0.2, -0.15) is 18.3 Å². The van der Waals surface area contributed by atoms with E-state index in [-0.39, 0.29) is 54.4 Å². The van der Waals surface area contributed by atoms with E-state index in [1.807, 2.05) is 0 Å². The van der Waals surface area contributed by atoms with E-state index in [1.54, 1.807) is 4.90 Å². The first kappa shape index (κ1) is 24.3. The molecule has 0 unspecified atom stereocenters. The van der Waals surface area contributed by atoms with Gasteiger partial charge in [-0.3, -0.25) is 14.7 Å². The lowest BCUT2D eigenvalue weighted by Crippen LogP contribution is -2.41. The van der Waals surface area contributed by atoms with Gasteiger partial charge in [-0.25, -0.2) is 22.7 Å². The van der Waals surface area contributed by atoms with E-state index in [4.69, 9.17) is 5.73 Å². The molecule has 4 heterocycles. The predicted molar refractivity (Wildman–Crippen MR) is 116 cm³/mol. The van der Waals surface area contributed by atoms with Crippen LogP contribution in [-0.2, 0) is 6.18 Å². The maximum absolute atomic E-state index is 14.6. The molecule has 3 aromatic rings. The van der Waals surface area contributed by atoms with Gasteiger partial charge in [0.1, 0.15) is 18.0 Å². The number of hydrogen-bond acceptors (Lipinski definition) is 6. The van der Waals surface area contributed by atoms with Crippen LogP contribution < -0.4 is 11.1 Å². The first-order valence-electron chi connectivity index (χ1n) is 11.1. The third-order valence-corrected chi connectivity index (χ3v) is 6.59. The molecule has 1 amide bonds. The van der Waals surface area contributed by atoms with Crippen LogP contribution in [0, 0.1) is 12.8 Å². The van der Waals surface area contributed by atoms with Gasteiger partial charge in [0.25, 0.3) is 11.8 Å². The Kier molecular flexibility index (Phi) is 5.61. The molecule has 2 fully saturated rings. The van der Waals surface area contributed by atoms with Crippen molar-refractivity contribution in [2.24, 2.45) is 5.92 Å². The Morgan fingerprint density at radius 2 is 1.97 bits per heavy atom. The van der Waals surface area contributed by atoms with Crippen molar-refractivity contribution in [1.29, 1.82) is 0 Å². The molecular weight excluding hydrogens is 492 g/mol. The molecular formula is C22H21F6N7O. The number of anilines is 1. The number of hydrogen-bond donors (Lipinski definition) is 2. The summed E-state index contributed by atoms with van der Waals surface area (Å²) in [5.41, 5.74) is 4.62. The van der Waals surface area contributed by atoms with Crippen LogP contribution in [0.5, 0.6) is 0 Å². The standard InChI is InChI=1S/C22H21F6N7O/c1-10-13(20(36)33-16-8-34(7-15(16)23)6-12-4-21(12,24)25)2-11(5-30-10)17-3-14(22(26,27)28)18-19(29)31-9-32-35(17)18/h2-3,5,9,12,15-16H,4,6-8H2,1H3,(H,33,36)(H2,29,31,32)/t12-,15-,16+/m0/s1. The third-order valence-electron chi connectivity index (χ3n) is 6.59. The highest BCUT2D eigenvalue weighted by Crippen LogP contribution is 2.49. The minimum absolute atomic E-state index is 0.0197. The third kappa shape index (κ3) is 4.33. The Balaban J connectivity index is 1.40. The first-order valence-corrected chi connectivity index (χ1v) is 11.1. The van der Waals surface area contributed by atoms with Crippen LogP contribution in [0.15, 0.2) is 24.7 Å². The van der Waals surface area contributed by atoms with Crippen LogP contribution >= 0.6 is 0 Å². The van der Waals surface area contributed by atoms with Crippen LogP contribution in [0.1, 0.15) is 28.0 Å². The number of carbonyl (C=O) groups excluding carboxylic acids is 1. The molecule has 0 aromatic carbocycles. The lowest BCUT2D eigenvalue weighted by molar-refractivity contribution is -0.136. The molecule has 0 bridgehead atoms. The number of nitrogens with two attached hydrogens (primary N) is 1. The highest BCUT2D eigenvalue weighted by molar-refractivity contribution is 5.96. The normalized spacial score (nSPS) is 23.8. The molecule has 3 N–H and O–H groups in total. The van der Waals surface area contributed by atoms with Gasteiger partial charge in [0.15, 0.2) is 5.82 Å². The van der Waals surface area contributed by atoms with Gasteiger partial charge in [0.2, 0.25) is 0 Å². The van der Waals surface area contributed by atoms with Gasteiger partial charge in [0.05, 0.1) is 28.6 Å². The minimum atomic E-state index is -4.74. The second kappa shape index (κ2) is 8.32. The number of nitrogens with zero attached hydrogens (tertiary/aromatic N) is 5. The number of fused-ring (bicyclic) bond motifs is 1. The van der Waals surface area contributed by atoms with Crippen molar-refractivity contribution in [3.63, 3.8) is 0 Å². The maximum atomic E-state index is 14.6. The summed E-state index contributed by atoms with van der Waals surface area (Å²) in [7, 11) is 0. The minimum Gasteiger partial charge on any atom is -0.382 e. The lowest BCUT2D eigenvalue weighted by Gasteiger charge is -2.17. The summed E-state index contributed by atoms with van der Waals surface area (Å²) >= 11 is 0. The predicted octanol–water partition coefficient (Wildman–Crippen LogP) is 3.11. The summed E-state index contributed by atoms with van der Waals surface area (Å²) in [4.78, 5) is 22.3. The van der Waals surface area contributed by atoms with Gasteiger partial charge < -0.3 is 11.1 Å². The molecule has 1 saturated carbocycles. The largest absolute Gasteiger partial charge is 0.418 e. The zero-order chi connectivity index (χ0) is 26.0. The number of nitrogen functional groups attached to an aromatic ring is 1. The van der Waals surface area contributed by atoms with Gasteiger partial charge in [-0.15, -0.1) is 0 Å². The lowest BCUT2D eigenvalue weighted by atomic mass is 10.1. The molecule has 14 heteroatoms. The molecule has 1 saturated heterocycles. The number of aryl methyl sites for hydroxylation is 1. The fourth-order valence-corrected chi connectivity index (χ4v) is 4.54. The van der Waals surface area contributed by atoms with Gasteiger partial charge in [0, 0.05) is 43.7 Å². The Morgan fingerprint density at radius 1 is 1.25 bits per heavy atom. The molecule has 192 valence electrons. The van der Waals surface area contributed by atoms with E-state index in [0.29, 0.717) is 0 Å². The van der Waals surface area contributed by atoms with Crippen LogP contribution in [0.2, 0.25) is 0 Å². The first-order chi connectivity index (χ1) is 16.8. The molecule has 1 aliphatic carbocycles. The molecule has 8 nitrogen and oxygen atoms in total. The number of rotatable bonds is 5. The van der Waals surface area contributed by atoms with E-state index < -0.39 is 47.2 Å². The number of nitrogens with one attached hydrogen (secondary N) is 1. The highest BCUT2D eigenvalue weighted by atomic mass is 19.4. The summed E-state index contributed by atoms with van der Waals surface area (Å²) in [6, 6.07) is 1.25. The van der Waals surface area contributed by atoms with Crippen molar-refractivity contribution < 1.29 is 31.1 Å². The molecule has 0 spiro atoms. The second-order valence-corrected chi connectivity index (χ2v) is 9.18. The number of carbonyl (C=O) groups is 1. The molecule has 2 aliphatic rings. The Bertz CT molecular complexity index is 1340. The van der Waals surface area contributed by atoms with Crippen molar-refractivity contribution >= 4 is 17.2 Å². The van der Waals surface area contributed by atoms with Crippen molar-refractivity contribution in [3.8, 4) is 11.3 Å². The van der Waals surface area contributed by atoms with Crippen molar-refractivity contribution in [1.82, 2.24) is 29.8 Å². The zero-order valence-electron chi connectivity index (χ0n) is 18.9. The number of alkyl halides is 6. The Hall–Kier alpha value is -3.42. The number of pyridine rings is 1. The van der Waals surface area contributed by atoms with Crippen LogP contribution in [0.3, 0.4) is 0 Å². The summed E-state index contributed by atoms with van der Waals surface area (Å²) in [6.45, 7) is 1.56. The van der Waals surface area contributed by atoms with E-state index >= 15 is 0 Å². The molecule has 36 heavy (non-hydrogen) atoms. The van der Waals surface area contributed by atoms with Gasteiger partial charge >= 0.3 is 6.18 Å². The summed E-state index contributed by atoms with van der Waals surface area (Å²) < 4.78 is 82.8. The average Bonchev–Trinajstić information content (AvgIpc) is 3.09. The summed E-state index contributed by atoms with van der Waals surface area (Å²) in [5.74, 6) is -4.58. The maximum Gasteiger partial charge on any atom is 0.418 e. The smallest absolute Gasteiger partial charge is 0.382 e. The highest BCUT2D eigenvalue weighted by Gasteiger charge is 2.57. The SMILES string of the molecule is Cc1ncc(-c2cc(C(F)(F)F)c3c(N)ncnn23)cc1C(=O)N[C@@H]1CN(C[C@@H]2CC2(F)F)C[C@@H]1F. The summed E-state index contributed by atoms with van der Waals surface area (Å²) in [6.07, 6.45) is -4.13. The van der Waals surface area contributed by atoms with E-state index in [9.17, 15) is 31.1 Å². The van der Waals surface area contributed by atoms with E-state index in [0.717, 1.165) is 16.9 Å². The van der Waals surface area contributed by atoms with Crippen LogP contribution in [-0.4, -0.2) is 68.2 Å². The average molecular weight is 513 g/mol. The molecule has 5 rings (SSSR count). The van der Waals surface area contributed by atoms with Crippen LogP contribution in [0.4, 0.5) is 32.2 Å². The number of amides is 1. The molecule has 3 aromatic heterocycles. The monoisotopic (exact) mass is 513 g/mol. The van der Waals surface area contributed by atoms with Crippen LogP contribution in [0.25, 0.3) is 16.8 Å². The fourth-order valence-electron chi connectivity index (χ4n) is 4.54. The number of halogens is 6. The zero-order valence-corrected chi connectivity index (χ0v) is 18.9. The quantitative estimate of drug-likeness (QED) is 0.509. The number of aromatic nitrogens is 4. The Labute approximate surface area is 200 Å². The van der Waals surface area contributed by atoms with E-state index in [2.05, 4.69) is 20.4 Å². The summed E-state index contributed by atoms with van der Waals surface area (Å²) in [5, 5.41) is 6.45. The molecule has 0 radical (unpaired) electrons.